The molecule has 1 aromatic heterocycles. The third kappa shape index (κ3) is 2.72. The molecule has 0 aromatic carbocycles. The van der Waals surface area contributed by atoms with Crippen molar-refractivity contribution < 1.29 is 4.74 Å². The molecule has 1 aromatic rings. The minimum atomic E-state index is 0.269. The van der Waals surface area contributed by atoms with Gasteiger partial charge in [-0.2, -0.15) is 0 Å². The van der Waals surface area contributed by atoms with Gasteiger partial charge in [-0.3, -0.25) is 0 Å². The predicted molar refractivity (Wildman–Crippen MR) is 67.6 cm³/mol. The topological polar surface area (TPSA) is 40.2 Å². The van der Waals surface area contributed by atoms with Gasteiger partial charge in [0.1, 0.15) is 0 Å². The molecule has 0 bridgehead atoms. The summed E-state index contributed by atoms with van der Waals surface area (Å²) in [4.78, 5) is 0. The van der Waals surface area contributed by atoms with E-state index in [1.54, 1.807) is 0 Å². The Labute approximate surface area is 103 Å². The third-order valence-electron chi connectivity index (χ3n) is 4.10. The molecule has 3 heteroatoms. The lowest BCUT2D eigenvalue weighted by atomic mass is 10.0. The Morgan fingerprint density at radius 2 is 2.06 bits per heavy atom. The number of hydrogen-bond acceptors (Lipinski definition) is 2. The number of aromatic nitrogens is 1. The maximum atomic E-state index is 6.21. The van der Waals surface area contributed by atoms with Crippen LogP contribution in [0.2, 0.25) is 0 Å². The summed E-state index contributed by atoms with van der Waals surface area (Å²) >= 11 is 0. The van der Waals surface area contributed by atoms with Crippen LogP contribution < -0.4 is 5.73 Å². The quantitative estimate of drug-likeness (QED) is 0.868. The summed E-state index contributed by atoms with van der Waals surface area (Å²) in [5.41, 5.74) is 7.53. The lowest BCUT2D eigenvalue weighted by molar-refractivity contribution is 0.0613. The first-order chi connectivity index (χ1) is 8.33. The fourth-order valence-electron chi connectivity index (χ4n) is 2.72. The zero-order valence-corrected chi connectivity index (χ0v) is 10.3. The molecule has 2 heterocycles. The molecule has 1 saturated heterocycles. The first kappa shape index (κ1) is 11.3. The van der Waals surface area contributed by atoms with Crippen molar-refractivity contribution in [2.75, 3.05) is 13.2 Å². The Morgan fingerprint density at radius 3 is 2.76 bits per heavy atom. The summed E-state index contributed by atoms with van der Waals surface area (Å²) in [7, 11) is 0. The standard InChI is InChI=1S/C14H22N2O/c15-14(12-1-2-12)13-3-6-16(10-13)9-11-4-7-17-8-5-11/h3,6,10-12,14H,1-2,4-5,7-9,15H2. The van der Waals surface area contributed by atoms with E-state index in [-0.39, 0.29) is 6.04 Å². The van der Waals surface area contributed by atoms with Crippen LogP contribution in [0.25, 0.3) is 0 Å². The molecule has 0 radical (unpaired) electrons. The van der Waals surface area contributed by atoms with Crippen LogP contribution in [0.4, 0.5) is 0 Å². The maximum Gasteiger partial charge on any atom is 0.0469 e. The van der Waals surface area contributed by atoms with E-state index in [1.807, 2.05) is 0 Å². The van der Waals surface area contributed by atoms with Gasteiger partial charge < -0.3 is 15.0 Å². The Bertz CT molecular complexity index is 364. The number of nitrogens with two attached hydrogens (primary N) is 1. The SMILES string of the molecule is NC(c1ccn(CC2CCOCC2)c1)C1CC1. The molecule has 2 N–H and O–H groups in total. The van der Waals surface area contributed by atoms with Crippen LogP contribution in [0.15, 0.2) is 18.5 Å². The Morgan fingerprint density at radius 1 is 1.29 bits per heavy atom. The van der Waals surface area contributed by atoms with E-state index in [2.05, 4.69) is 23.0 Å². The molecule has 1 aliphatic carbocycles. The lowest BCUT2D eigenvalue weighted by Gasteiger charge is -2.22. The summed E-state index contributed by atoms with van der Waals surface area (Å²) in [5, 5.41) is 0. The van der Waals surface area contributed by atoms with Crippen LogP contribution in [-0.4, -0.2) is 17.8 Å². The van der Waals surface area contributed by atoms with Gasteiger partial charge in [0.15, 0.2) is 0 Å². The summed E-state index contributed by atoms with van der Waals surface area (Å²) in [6.07, 6.45) is 9.45. The fourth-order valence-corrected chi connectivity index (χ4v) is 2.72. The molecular formula is C14H22N2O. The molecule has 0 amide bonds. The van der Waals surface area contributed by atoms with Crippen molar-refractivity contribution in [3.8, 4) is 0 Å². The molecule has 3 rings (SSSR count). The van der Waals surface area contributed by atoms with E-state index in [9.17, 15) is 0 Å². The van der Waals surface area contributed by atoms with Gasteiger partial charge in [0, 0.05) is 38.2 Å². The summed E-state index contributed by atoms with van der Waals surface area (Å²) in [6.45, 7) is 2.99. The van der Waals surface area contributed by atoms with Crippen LogP contribution in [0.3, 0.4) is 0 Å². The Kier molecular flexibility index (Phi) is 3.21. The third-order valence-corrected chi connectivity index (χ3v) is 4.10. The van der Waals surface area contributed by atoms with E-state index >= 15 is 0 Å². The highest BCUT2D eigenvalue weighted by atomic mass is 16.5. The van der Waals surface area contributed by atoms with Crippen molar-refractivity contribution in [2.45, 2.75) is 38.3 Å². The van der Waals surface area contributed by atoms with E-state index in [4.69, 9.17) is 10.5 Å². The van der Waals surface area contributed by atoms with Gasteiger partial charge in [0.25, 0.3) is 0 Å². The smallest absolute Gasteiger partial charge is 0.0469 e. The van der Waals surface area contributed by atoms with Crippen molar-refractivity contribution in [3.05, 3.63) is 24.0 Å². The van der Waals surface area contributed by atoms with E-state index in [0.717, 1.165) is 31.6 Å². The van der Waals surface area contributed by atoms with Gasteiger partial charge in [-0.05, 0) is 49.1 Å². The largest absolute Gasteiger partial charge is 0.381 e. The van der Waals surface area contributed by atoms with Crippen molar-refractivity contribution >= 4 is 0 Å². The number of ether oxygens (including phenoxy) is 1. The first-order valence-corrected chi connectivity index (χ1v) is 6.82. The molecule has 1 saturated carbocycles. The Hall–Kier alpha value is -0.800. The number of hydrogen-bond donors (Lipinski definition) is 1. The maximum absolute atomic E-state index is 6.21. The van der Waals surface area contributed by atoms with Gasteiger partial charge in [0.05, 0.1) is 0 Å². The molecule has 17 heavy (non-hydrogen) atoms. The minimum Gasteiger partial charge on any atom is -0.381 e. The monoisotopic (exact) mass is 234 g/mol. The molecule has 1 atom stereocenters. The average molecular weight is 234 g/mol. The van der Waals surface area contributed by atoms with E-state index in [0.29, 0.717) is 0 Å². The van der Waals surface area contributed by atoms with Crippen LogP contribution in [0, 0.1) is 11.8 Å². The fraction of sp³-hybridized carbons (Fsp3) is 0.714. The molecule has 1 aliphatic heterocycles. The average Bonchev–Trinajstić information content (AvgIpc) is 3.11. The van der Waals surface area contributed by atoms with Crippen molar-refractivity contribution in [3.63, 3.8) is 0 Å². The van der Waals surface area contributed by atoms with Gasteiger partial charge >= 0.3 is 0 Å². The second-order valence-corrected chi connectivity index (χ2v) is 5.56. The van der Waals surface area contributed by atoms with E-state index < -0.39 is 0 Å². The van der Waals surface area contributed by atoms with Gasteiger partial charge in [-0.1, -0.05) is 0 Å². The number of nitrogens with zero attached hydrogens (tertiary/aromatic N) is 1. The molecule has 3 nitrogen and oxygen atoms in total. The van der Waals surface area contributed by atoms with Gasteiger partial charge in [0.2, 0.25) is 0 Å². The molecular weight excluding hydrogens is 212 g/mol. The molecule has 2 aliphatic rings. The molecule has 2 fully saturated rings. The Balaban J connectivity index is 1.59. The van der Waals surface area contributed by atoms with Crippen LogP contribution in [-0.2, 0) is 11.3 Å². The van der Waals surface area contributed by atoms with Gasteiger partial charge in [-0.25, -0.2) is 0 Å². The zero-order valence-electron chi connectivity index (χ0n) is 10.3. The van der Waals surface area contributed by atoms with Crippen LogP contribution >= 0.6 is 0 Å². The highest BCUT2D eigenvalue weighted by molar-refractivity contribution is 5.17. The summed E-state index contributed by atoms with van der Waals surface area (Å²) in [5.74, 6) is 1.52. The number of rotatable bonds is 4. The molecule has 1 unspecified atom stereocenters. The minimum absolute atomic E-state index is 0.269. The second kappa shape index (κ2) is 4.83. The first-order valence-electron chi connectivity index (χ1n) is 6.82. The van der Waals surface area contributed by atoms with Crippen molar-refractivity contribution in [1.29, 1.82) is 0 Å². The van der Waals surface area contributed by atoms with Crippen LogP contribution in [0.1, 0.15) is 37.3 Å². The van der Waals surface area contributed by atoms with Gasteiger partial charge in [-0.15, -0.1) is 0 Å². The van der Waals surface area contributed by atoms with Crippen LogP contribution in [0.5, 0.6) is 0 Å². The lowest BCUT2D eigenvalue weighted by Crippen LogP contribution is -2.20. The van der Waals surface area contributed by atoms with Crippen molar-refractivity contribution in [2.24, 2.45) is 17.6 Å². The van der Waals surface area contributed by atoms with E-state index in [1.165, 1.54) is 31.2 Å². The predicted octanol–water partition coefficient (Wildman–Crippen LogP) is 2.32. The second-order valence-electron chi connectivity index (χ2n) is 5.56. The summed E-state index contributed by atoms with van der Waals surface area (Å²) in [6, 6.07) is 2.47. The zero-order chi connectivity index (χ0) is 11.7. The molecule has 0 spiro atoms. The summed E-state index contributed by atoms with van der Waals surface area (Å²) < 4.78 is 7.70. The van der Waals surface area contributed by atoms with Crippen molar-refractivity contribution in [1.82, 2.24) is 4.57 Å². The highest BCUT2D eigenvalue weighted by Gasteiger charge is 2.29. The normalized spacial score (nSPS) is 23.8. The highest BCUT2D eigenvalue weighted by Crippen LogP contribution is 2.39. The molecule has 94 valence electrons.